The fourth-order valence-electron chi connectivity index (χ4n) is 1.93. The minimum atomic E-state index is -3.75. The fraction of sp³-hybridized carbons (Fsp3) is 0.500. The molecule has 1 fully saturated rings. The van der Waals surface area contributed by atoms with Gasteiger partial charge in [0.15, 0.2) is 0 Å². The normalized spacial score (nSPS) is 15.2. The number of nitriles is 1. The molecule has 108 valence electrons. The fourth-order valence-corrected chi connectivity index (χ4v) is 3.13. The topological polar surface area (TPSA) is 103 Å². The molecule has 20 heavy (non-hydrogen) atoms. The Kier molecular flexibility index (Phi) is 3.83. The predicted molar refractivity (Wildman–Crippen MR) is 69.7 cm³/mol. The summed E-state index contributed by atoms with van der Waals surface area (Å²) in [6.07, 6.45) is 3.18. The third-order valence-corrected chi connectivity index (χ3v) is 5.05. The maximum atomic E-state index is 12.3. The van der Waals surface area contributed by atoms with Crippen LogP contribution in [-0.4, -0.2) is 42.0 Å². The monoisotopic (exact) mass is 297 g/mol. The molecule has 2 rings (SSSR count). The van der Waals surface area contributed by atoms with Gasteiger partial charge >= 0.3 is 5.97 Å². The molecule has 7 nitrogen and oxygen atoms in total. The number of carbonyl (C=O) groups is 1. The van der Waals surface area contributed by atoms with E-state index in [4.69, 9.17) is 10.4 Å². The van der Waals surface area contributed by atoms with E-state index >= 15 is 0 Å². The second-order valence-electron chi connectivity index (χ2n) is 4.74. The largest absolute Gasteiger partial charge is 0.477 e. The van der Waals surface area contributed by atoms with Crippen LogP contribution in [0.15, 0.2) is 17.2 Å². The lowest BCUT2D eigenvalue weighted by Gasteiger charge is -2.14. The molecule has 0 atom stereocenters. The molecule has 1 N–H and O–H groups in total. The first-order chi connectivity index (χ1) is 9.37. The quantitative estimate of drug-likeness (QED) is 0.845. The second kappa shape index (κ2) is 5.26. The summed E-state index contributed by atoms with van der Waals surface area (Å²) < 4.78 is 27.1. The third kappa shape index (κ3) is 2.69. The summed E-state index contributed by atoms with van der Waals surface area (Å²) in [7, 11) is -2.38. The van der Waals surface area contributed by atoms with Gasteiger partial charge in [-0.05, 0) is 18.9 Å². The van der Waals surface area contributed by atoms with Crippen molar-refractivity contribution in [2.75, 3.05) is 13.6 Å². The van der Waals surface area contributed by atoms with Gasteiger partial charge < -0.3 is 9.67 Å². The Bertz CT molecular complexity index is 667. The van der Waals surface area contributed by atoms with Crippen LogP contribution in [0.2, 0.25) is 0 Å². The van der Waals surface area contributed by atoms with Gasteiger partial charge in [-0.1, -0.05) is 0 Å². The molecule has 1 aliphatic rings. The number of rotatable bonds is 6. The Morgan fingerprint density at radius 1 is 1.60 bits per heavy atom. The number of aromatic nitrogens is 1. The molecule has 1 heterocycles. The zero-order chi connectivity index (χ0) is 14.9. The van der Waals surface area contributed by atoms with E-state index in [0.717, 1.165) is 17.1 Å². The highest BCUT2D eigenvalue weighted by atomic mass is 32.2. The van der Waals surface area contributed by atoms with Crippen molar-refractivity contribution < 1.29 is 18.3 Å². The summed E-state index contributed by atoms with van der Waals surface area (Å²) in [5.74, 6) is -1.14. The minimum Gasteiger partial charge on any atom is -0.477 e. The Labute approximate surface area is 117 Å². The number of sulfonamides is 1. The molecule has 0 radical (unpaired) electrons. The molecule has 0 aromatic carbocycles. The van der Waals surface area contributed by atoms with Gasteiger partial charge in [0.2, 0.25) is 10.0 Å². The minimum absolute atomic E-state index is 0.0141. The standard InChI is InChI=1S/C12H15N3O4S/c1-14(6-2-5-13)20(18,19)10-7-11(12(16)17)15(8-10)9-3-4-9/h7-9H,2-4,6H2,1H3,(H,16,17). The number of nitrogens with zero attached hydrogens (tertiary/aromatic N) is 3. The van der Waals surface area contributed by atoms with Crippen LogP contribution in [-0.2, 0) is 10.0 Å². The van der Waals surface area contributed by atoms with Gasteiger partial charge in [-0.3, -0.25) is 0 Å². The van der Waals surface area contributed by atoms with E-state index in [-0.39, 0.29) is 29.6 Å². The van der Waals surface area contributed by atoms with Crippen molar-refractivity contribution in [2.24, 2.45) is 0 Å². The zero-order valence-electron chi connectivity index (χ0n) is 11.0. The van der Waals surface area contributed by atoms with Gasteiger partial charge in [0.25, 0.3) is 0 Å². The molecule has 0 saturated heterocycles. The maximum absolute atomic E-state index is 12.3. The number of carboxylic acid groups (broad SMARTS) is 1. The lowest BCUT2D eigenvalue weighted by Crippen LogP contribution is -2.27. The lowest BCUT2D eigenvalue weighted by molar-refractivity contribution is 0.0685. The first kappa shape index (κ1) is 14.6. The molecule has 0 aliphatic heterocycles. The van der Waals surface area contributed by atoms with Gasteiger partial charge in [-0.15, -0.1) is 0 Å². The van der Waals surface area contributed by atoms with Crippen molar-refractivity contribution >= 4 is 16.0 Å². The first-order valence-electron chi connectivity index (χ1n) is 6.16. The Morgan fingerprint density at radius 3 is 2.75 bits per heavy atom. The first-order valence-corrected chi connectivity index (χ1v) is 7.60. The predicted octanol–water partition coefficient (Wildman–Crippen LogP) is 1.06. The van der Waals surface area contributed by atoms with Crippen molar-refractivity contribution in [2.45, 2.75) is 30.2 Å². The molecule has 1 aliphatic carbocycles. The van der Waals surface area contributed by atoms with Crippen LogP contribution in [0.3, 0.4) is 0 Å². The second-order valence-corrected chi connectivity index (χ2v) is 6.78. The van der Waals surface area contributed by atoms with E-state index in [1.807, 2.05) is 6.07 Å². The summed E-state index contributed by atoms with van der Waals surface area (Å²) in [6, 6.07) is 3.14. The molecule has 1 aromatic rings. The van der Waals surface area contributed by atoms with E-state index in [1.165, 1.54) is 23.9 Å². The highest BCUT2D eigenvalue weighted by Gasteiger charge is 2.31. The number of carboxylic acids is 1. The van der Waals surface area contributed by atoms with Crippen molar-refractivity contribution in [1.29, 1.82) is 5.26 Å². The summed E-state index contributed by atoms with van der Waals surface area (Å²) >= 11 is 0. The molecule has 0 bridgehead atoms. The molecule has 1 saturated carbocycles. The summed E-state index contributed by atoms with van der Waals surface area (Å²) in [6.45, 7) is 0.0792. The molecule has 8 heteroatoms. The van der Waals surface area contributed by atoms with Crippen LogP contribution in [0.4, 0.5) is 0 Å². The van der Waals surface area contributed by atoms with E-state index in [0.29, 0.717) is 0 Å². The Hall–Kier alpha value is -1.85. The zero-order valence-corrected chi connectivity index (χ0v) is 11.8. The van der Waals surface area contributed by atoms with E-state index in [1.54, 1.807) is 0 Å². The highest BCUT2D eigenvalue weighted by Crippen LogP contribution is 2.37. The molecular weight excluding hydrogens is 282 g/mol. The van der Waals surface area contributed by atoms with Crippen molar-refractivity contribution in [3.8, 4) is 6.07 Å². The van der Waals surface area contributed by atoms with Crippen LogP contribution in [0.1, 0.15) is 35.8 Å². The highest BCUT2D eigenvalue weighted by molar-refractivity contribution is 7.89. The van der Waals surface area contributed by atoms with Gasteiger partial charge in [0, 0.05) is 32.3 Å². The number of aromatic carboxylic acids is 1. The van der Waals surface area contributed by atoms with Crippen LogP contribution >= 0.6 is 0 Å². The van der Waals surface area contributed by atoms with Gasteiger partial charge in [0.05, 0.1) is 6.07 Å². The van der Waals surface area contributed by atoms with Crippen molar-refractivity contribution in [3.05, 3.63) is 18.0 Å². The molecule has 0 amide bonds. The average Bonchev–Trinajstić information content (AvgIpc) is 3.13. The maximum Gasteiger partial charge on any atom is 0.352 e. The van der Waals surface area contributed by atoms with Crippen LogP contribution in [0, 0.1) is 11.3 Å². The van der Waals surface area contributed by atoms with Gasteiger partial charge in [-0.25, -0.2) is 13.2 Å². The molecule has 1 aromatic heterocycles. The van der Waals surface area contributed by atoms with Crippen LogP contribution < -0.4 is 0 Å². The average molecular weight is 297 g/mol. The van der Waals surface area contributed by atoms with E-state index in [9.17, 15) is 13.2 Å². The van der Waals surface area contributed by atoms with Crippen LogP contribution in [0.5, 0.6) is 0 Å². The van der Waals surface area contributed by atoms with Gasteiger partial charge in [0.1, 0.15) is 10.6 Å². The van der Waals surface area contributed by atoms with E-state index < -0.39 is 16.0 Å². The number of hydrogen-bond acceptors (Lipinski definition) is 4. The summed E-state index contributed by atoms with van der Waals surface area (Å²) in [4.78, 5) is 11.1. The summed E-state index contributed by atoms with van der Waals surface area (Å²) in [5, 5.41) is 17.6. The van der Waals surface area contributed by atoms with Gasteiger partial charge in [-0.2, -0.15) is 9.57 Å². The molecular formula is C12H15N3O4S. The van der Waals surface area contributed by atoms with E-state index in [2.05, 4.69) is 0 Å². The Morgan fingerprint density at radius 2 is 2.25 bits per heavy atom. The van der Waals surface area contributed by atoms with Crippen molar-refractivity contribution in [1.82, 2.24) is 8.87 Å². The molecule has 0 unspecified atom stereocenters. The molecule has 0 spiro atoms. The third-order valence-electron chi connectivity index (χ3n) is 3.23. The summed E-state index contributed by atoms with van der Waals surface area (Å²) in [5.41, 5.74) is -0.0141. The Balaban J connectivity index is 2.35. The lowest BCUT2D eigenvalue weighted by atomic mass is 10.4. The SMILES string of the molecule is CN(CCC#N)S(=O)(=O)c1cc(C(=O)O)n(C2CC2)c1. The van der Waals surface area contributed by atoms with Crippen molar-refractivity contribution in [3.63, 3.8) is 0 Å². The number of hydrogen-bond donors (Lipinski definition) is 1. The van der Waals surface area contributed by atoms with Crippen LogP contribution in [0.25, 0.3) is 0 Å². The smallest absolute Gasteiger partial charge is 0.352 e.